The zero-order valence-electron chi connectivity index (χ0n) is 17.6. The van der Waals surface area contributed by atoms with Crippen LogP contribution >= 0.6 is 0 Å². The molecule has 3 rings (SSSR count). The molecular formula is C22H29N3O4. The Morgan fingerprint density at radius 2 is 1.69 bits per heavy atom. The second-order valence-corrected chi connectivity index (χ2v) is 7.13. The Labute approximate surface area is 172 Å². The maximum absolute atomic E-state index is 12.6. The first kappa shape index (κ1) is 20.9. The van der Waals surface area contributed by atoms with Crippen LogP contribution in [0.2, 0.25) is 0 Å². The van der Waals surface area contributed by atoms with E-state index < -0.39 is 0 Å². The number of methoxy groups -OCH3 is 3. The number of carbonyl (C=O) groups excluding carboxylic acids is 1. The van der Waals surface area contributed by atoms with Crippen molar-refractivity contribution in [1.82, 2.24) is 14.8 Å². The summed E-state index contributed by atoms with van der Waals surface area (Å²) in [5.41, 5.74) is 2.95. The molecule has 1 aromatic carbocycles. The van der Waals surface area contributed by atoms with E-state index in [2.05, 4.69) is 9.88 Å². The summed E-state index contributed by atoms with van der Waals surface area (Å²) >= 11 is 0. The number of piperazine rings is 1. The number of amides is 1. The minimum absolute atomic E-state index is 0.152. The van der Waals surface area contributed by atoms with Crippen LogP contribution < -0.4 is 14.2 Å². The zero-order valence-corrected chi connectivity index (χ0v) is 17.6. The molecule has 1 saturated heterocycles. The number of pyridine rings is 1. The summed E-state index contributed by atoms with van der Waals surface area (Å²) in [4.78, 5) is 21.1. The van der Waals surface area contributed by atoms with E-state index in [1.165, 1.54) is 0 Å². The largest absolute Gasteiger partial charge is 0.493 e. The molecule has 7 heteroatoms. The number of rotatable bonds is 7. The molecule has 1 aromatic heterocycles. The average Bonchev–Trinajstić information content (AvgIpc) is 2.75. The van der Waals surface area contributed by atoms with Crippen LogP contribution in [0.3, 0.4) is 0 Å². The van der Waals surface area contributed by atoms with Crippen LogP contribution in [0.25, 0.3) is 0 Å². The van der Waals surface area contributed by atoms with Crippen LogP contribution in [0.1, 0.15) is 16.8 Å². The van der Waals surface area contributed by atoms with Crippen LogP contribution in [0.4, 0.5) is 0 Å². The second kappa shape index (κ2) is 9.60. The fourth-order valence-electron chi connectivity index (χ4n) is 3.57. The first-order chi connectivity index (χ1) is 14.0. The number of benzene rings is 1. The molecule has 0 saturated carbocycles. The topological polar surface area (TPSA) is 64.1 Å². The van der Waals surface area contributed by atoms with Crippen LogP contribution in [0.5, 0.6) is 17.2 Å². The van der Waals surface area contributed by atoms with E-state index in [-0.39, 0.29) is 5.91 Å². The highest BCUT2D eigenvalue weighted by Gasteiger charge is 2.23. The first-order valence-corrected chi connectivity index (χ1v) is 9.75. The summed E-state index contributed by atoms with van der Waals surface area (Å²) in [6.07, 6.45) is 2.18. The van der Waals surface area contributed by atoms with Crippen molar-refractivity contribution in [3.05, 3.63) is 47.3 Å². The third-order valence-electron chi connectivity index (χ3n) is 5.23. The Bertz CT molecular complexity index is 831. The predicted octanol–water partition coefficient (Wildman–Crippen LogP) is 2.30. The van der Waals surface area contributed by atoms with E-state index in [0.29, 0.717) is 36.8 Å². The van der Waals surface area contributed by atoms with Gasteiger partial charge in [-0.1, -0.05) is 12.1 Å². The van der Waals surface area contributed by atoms with E-state index in [9.17, 15) is 4.79 Å². The minimum Gasteiger partial charge on any atom is -0.493 e. The van der Waals surface area contributed by atoms with Gasteiger partial charge in [0.2, 0.25) is 11.7 Å². The van der Waals surface area contributed by atoms with Crippen molar-refractivity contribution in [3.8, 4) is 17.2 Å². The van der Waals surface area contributed by atoms with Gasteiger partial charge in [0.15, 0.2) is 11.5 Å². The van der Waals surface area contributed by atoms with E-state index in [1.807, 2.05) is 36.1 Å². The maximum atomic E-state index is 12.6. The fraction of sp³-hybridized carbons (Fsp3) is 0.455. The second-order valence-electron chi connectivity index (χ2n) is 7.13. The van der Waals surface area contributed by atoms with Crippen molar-refractivity contribution >= 4 is 5.91 Å². The Morgan fingerprint density at radius 3 is 2.28 bits per heavy atom. The van der Waals surface area contributed by atoms with Gasteiger partial charge in [-0.25, -0.2) is 0 Å². The van der Waals surface area contributed by atoms with Gasteiger partial charge in [0.25, 0.3) is 0 Å². The molecule has 1 amide bonds. The van der Waals surface area contributed by atoms with Crippen LogP contribution in [-0.2, 0) is 17.8 Å². The molecule has 1 aliphatic heterocycles. The summed E-state index contributed by atoms with van der Waals surface area (Å²) < 4.78 is 16.4. The van der Waals surface area contributed by atoms with Gasteiger partial charge in [0, 0.05) is 50.2 Å². The summed E-state index contributed by atoms with van der Waals surface area (Å²) in [6, 6.07) is 7.81. The van der Waals surface area contributed by atoms with E-state index in [0.717, 1.165) is 36.5 Å². The minimum atomic E-state index is 0.152. The maximum Gasteiger partial charge on any atom is 0.227 e. The molecule has 1 aliphatic rings. The molecule has 0 unspecified atom stereocenters. The summed E-state index contributed by atoms with van der Waals surface area (Å²) in [5, 5.41) is 0. The number of hydrogen-bond donors (Lipinski definition) is 0. The highest BCUT2D eigenvalue weighted by atomic mass is 16.5. The van der Waals surface area contributed by atoms with Gasteiger partial charge >= 0.3 is 0 Å². The van der Waals surface area contributed by atoms with Crippen LogP contribution in [0, 0.1) is 6.92 Å². The van der Waals surface area contributed by atoms with Gasteiger partial charge < -0.3 is 19.1 Å². The van der Waals surface area contributed by atoms with Crippen molar-refractivity contribution in [2.45, 2.75) is 19.9 Å². The van der Waals surface area contributed by atoms with Crippen LogP contribution in [0.15, 0.2) is 30.5 Å². The number of nitrogens with zero attached hydrogens (tertiary/aromatic N) is 3. The van der Waals surface area contributed by atoms with Gasteiger partial charge in [0.05, 0.1) is 27.8 Å². The van der Waals surface area contributed by atoms with Crippen molar-refractivity contribution in [1.29, 1.82) is 0 Å². The third kappa shape index (κ3) is 4.98. The normalized spacial score (nSPS) is 14.6. The molecule has 0 spiro atoms. The number of aromatic nitrogens is 1. The summed E-state index contributed by atoms with van der Waals surface area (Å²) in [5.74, 6) is 2.10. The fourth-order valence-corrected chi connectivity index (χ4v) is 3.57. The Morgan fingerprint density at radius 1 is 0.966 bits per heavy atom. The molecule has 0 bridgehead atoms. The molecule has 2 aromatic rings. The number of aryl methyl sites for hydroxylation is 1. The predicted molar refractivity (Wildman–Crippen MR) is 111 cm³/mol. The molecule has 0 atom stereocenters. The molecular weight excluding hydrogens is 370 g/mol. The molecule has 2 heterocycles. The van der Waals surface area contributed by atoms with Crippen molar-refractivity contribution < 1.29 is 19.0 Å². The quantitative estimate of drug-likeness (QED) is 0.712. The van der Waals surface area contributed by atoms with E-state index in [1.54, 1.807) is 27.5 Å². The van der Waals surface area contributed by atoms with E-state index in [4.69, 9.17) is 14.2 Å². The molecule has 156 valence electrons. The molecule has 0 aliphatic carbocycles. The molecule has 1 fully saturated rings. The molecule has 0 radical (unpaired) electrons. The first-order valence-electron chi connectivity index (χ1n) is 9.75. The summed E-state index contributed by atoms with van der Waals surface area (Å²) in [6.45, 7) is 5.73. The van der Waals surface area contributed by atoms with Gasteiger partial charge in [-0.2, -0.15) is 0 Å². The lowest BCUT2D eigenvalue weighted by atomic mass is 10.1. The Kier molecular flexibility index (Phi) is 6.93. The van der Waals surface area contributed by atoms with E-state index >= 15 is 0 Å². The molecule has 29 heavy (non-hydrogen) atoms. The third-order valence-corrected chi connectivity index (χ3v) is 5.23. The van der Waals surface area contributed by atoms with Gasteiger partial charge in [-0.3, -0.25) is 14.7 Å². The molecule has 0 N–H and O–H groups in total. The highest BCUT2D eigenvalue weighted by molar-refractivity contribution is 5.78. The summed E-state index contributed by atoms with van der Waals surface area (Å²) in [7, 11) is 4.86. The van der Waals surface area contributed by atoms with Crippen LogP contribution in [-0.4, -0.2) is 68.2 Å². The van der Waals surface area contributed by atoms with Crippen molar-refractivity contribution in [2.75, 3.05) is 47.5 Å². The van der Waals surface area contributed by atoms with Gasteiger partial charge in [-0.15, -0.1) is 0 Å². The SMILES string of the molecule is COc1ccc(CN2CCN(C(=O)Cc3ccc(C)nc3)CC2)c(OC)c1OC. The van der Waals surface area contributed by atoms with Gasteiger partial charge in [0.1, 0.15) is 0 Å². The lowest BCUT2D eigenvalue weighted by molar-refractivity contribution is -0.132. The smallest absolute Gasteiger partial charge is 0.227 e. The number of ether oxygens (including phenoxy) is 3. The van der Waals surface area contributed by atoms with Crippen molar-refractivity contribution in [3.63, 3.8) is 0 Å². The monoisotopic (exact) mass is 399 g/mol. The zero-order chi connectivity index (χ0) is 20.8. The Balaban J connectivity index is 1.58. The van der Waals surface area contributed by atoms with Crippen molar-refractivity contribution in [2.24, 2.45) is 0 Å². The lowest BCUT2D eigenvalue weighted by Gasteiger charge is -2.35. The number of hydrogen-bond acceptors (Lipinski definition) is 6. The Hall–Kier alpha value is -2.80. The number of carbonyl (C=O) groups is 1. The highest BCUT2D eigenvalue weighted by Crippen LogP contribution is 2.40. The van der Waals surface area contributed by atoms with Gasteiger partial charge in [-0.05, 0) is 24.6 Å². The molecule has 7 nitrogen and oxygen atoms in total. The lowest BCUT2D eigenvalue weighted by Crippen LogP contribution is -2.48. The standard InChI is InChI=1S/C22H29N3O4/c1-16-5-6-17(14-23-16)13-20(26)25-11-9-24(10-12-25)15-18-7-8-19(27-2)22(29-4)21(18)28-3/h5-8,14H,9-13,15H2,1-4H3. The average molecular weight is 399 g/mol.